The summed E-state index contributed by atoms with van der Waals surface area (Å²) in [5, 5.41) is 21.0. The van der Waals surface area contributed by atoms with Crippen LogP contribution in [0.4, 0.5) is 5.69 Å². The second-order valence-corrected chi connectivity index (χ2v) is 7.17. The number of benzene rings is 2. The normalized spacial score (nSPS) is 19.4. The summed E-state index contributed by atoms with van der Waals surface area (Å²) in [7, 11) is 0. The number of rotatable bonds is 3. The summed E-state index contributed by atoms with van der Waals surface area (Å²) in [5.74, 6) is 0.958. The van der Waals surface area contributed by atoms with E-state index in [1.54, 1.807) is 44.2 Å². The van der Waals surface area contributed by atoms with Gasteiger partial charge in [0.25, 0.3) is 5.69 Å². The van der Waals surface area contributed by atoms with Crippen LogP contribution in [0.25, 0.3) is 6.08 Å². The number of ketones is 1. The van der Waals surface area contributed by atoms with Crippen LogP contribution in [0.15, 0.2) is 42.2 Å². The first-order valence-corrected chi connectivity index (χ1v) is 8.47. The molecule has 2 aromatic carbocycles. The summed E-state index contributed by atoms with van der Waals surface area (Å²) in [4.78, 5) is 22.9. The van der Waals surface area contributed by atoms with E-state index >= 15 is 0 Å². The number of ether oxygens (including phenoxy) is 2. The van der Waals surface area contributed by atoms with Gasteiger partial charge in [-0.2, -0.15) is 0 Å². The van der Waals surface area contributed by atoms with Crippen molar-refractivity contribution in [2.45, 2.75) is 32.0 Å². The van der Waals surface area contributed by atoms with Crippen molar-refractivity contribution in [1.29, 1.82) is 0 Å². The Morgan fingerprint density at radius 3 is 2.56 bits per heavy atom. The van der Waals surface area contributed by atoms with Gasteiger partial charge in [0.2, 0.25) is 5.78 Å². The number of hydrogen-bond acceptors (Lipinski definition) is 6. The highest BCUT2D eigenvalue weighted by atomic mass is 16.6. The Labute approximate surface area is 155 Å². The molecule has 0 unspecified atom stereocenters. The van der Waals surface area contributed by atoms with Crippen molar-refractivity contribution in [3.63, 3.8) is 0 Å². The molecule has 7 heteroatoms. The molecule has 0 amide bonds. The van der Waals surface area contributed by atoms with Crippen LogP contribution in [0.1, 0.15) is 35.3 Å². The third-order valence-corrected chi connectivity index (χ3v) is 4.75. The van der Waals surface area contributed by atoms with Crippen molar-refractivity contribution in [2.75, 3.05) is 0 Å². The Hall–Kier alpha value is -3.19. The standard InChI is InChI=1S/C20H17NO6/c1-20(2,23)17-10-14-15(26-17)8-7-13-18(22)16(27-19(13)14)9-11-3-5-12(6-4-11)21(24)25/h3-9,17,23H,10H2,1-2H3/b16-9-/t17-/m1/s1. The van der Waals surface area contributed by atoms with Crippen molar-refractivity contribution >= 4 is 17.5 Å². The summed E-state index contributed by atoms with van der Waals surface area (Å²) in [6, 6.07) is 9.23. The molecule has 1 N–H and O–H groups in total. The molecule has 2 heterocycles. The molecule has 0 saturated carbocycles. The molecule has 0 radical (unpaired) electrons. The van der Waals surface area contributed by atoms with Crippen LogP contribution in [0.2, 0.25) is 0 Å². The Kier molecular flexibility index (Phi) is 3.78. The number of aliphatic hydroxyl groups is 1. The Morgan fingerprint density at radius 2 is 1.93 bits per heavy atom. The fourth-order valence-corrected chi connectivity index (χ4v) is 3.21. The number of nitro benzene ring substituents is 1. The lowest BCUT2D eigenvalue weighted by Gasteiger charge is -2.24. The fourth-order valence-electron chi connectivity index (χ4n) is 3.21. The van der Waals surface area contributed by atoms with Crippen LogP contribution in [0.3, 0.4) is 0 Å². The second kappa shape index (κ2) is 5.92. The molecule has 2 aliphatic rings. The van der Waals surface area contributed by atoms with Gasteiger partial charge in [-0.15, -0.1) is 0 Å². The van der Waals surface area contributed by atoms with E-state index in [9.17, 15) is 20.0 Å². The van der Waals surface area contributed by atoms with Gasteiger partial charge in [0, 0.05) is 24.1 Å². The van der Waals surface area contributed by atoms with Crippen LogP contribution < -0.4 is 9.47 Å². The van der Waals surface area contributed by atoms with Gasteiger partial charge in [0.1, 0.15) is 17.6 Å². The number of non-ortho nitro benzene ring substituents is 1. The van der Waals surface area contributed by atoms with Crippen LogP contribution >= 0.6 is 0 Å². The van der Waals surface area contributed by atoms with Gasteiger partial charge in [0.15, 0.2) is 5.76 Å². The third kappa shape index (κ3) is 2.96. The maximum atomic E-state index is 12.7. The molecule has 0 aromatic heterocycles. The van der Waals surface area contributed by atoms with Gasteiger partial charge in [-0.3, -0.25) is 14.9 Å². The van der Waals surface area contributed by atoms with E-state index in [1.165, 1.54) is 12.1 Å². The van der Waals surface area contributed by atoms with E-state index in [2.05, 4.69) is 0 Å². The van der Waals surface area contributed by atoms with E-state index in [4.69, 9.17) is 9.47 Å². The lowest BCUT2D eigenvalue weighted by Crippen LogP contribution is -2.39. The number of allylic oxidation sites excluding steroid dienone is 1. The third-order valence-electron chi connectivity index (χ3n) is 4.75. The minimum absolute atomic E-state index is 0.0215. The molecule has 0 fully saturated rings. The molecular formula is C20H17NO6. The smallest absolute Gasteiger partial charge is 0.269 e. The zero-order valence-electron chi connectivity index (χ0n) is 14.8. The molecule has 7 nitrogen and oxygen atoms in total. The van der Waals surface area contributed by atoms with Crippen molar-refractivity contribution in [3.05, 3.63) is 69.0 Å². The monoisotopic (exact) mass is 367 g/mol. The SMILES string of the molecule is CC(C)(O)[C@H]1Cc2c(ccc3c2O/C(=C\c2ccc([N+](=O)[O-])cc2)C3=O)O1. The zero-order valence-corrected chi connectivity index (χ0v) is 14.8. The highest BCUT2D eigenvalue weighted by Crippen LogP contribution is 2.45. The number of nitro groups is 1. The Balaban J connectivity index is 1.65. The summed E-state index contributed by atoms with van der Waals surface area (Å²) in [6.07, 6.45) is 1.59. The first kappa shape index (κ1) is 17.2. The van der Waals surface area contributed by atoms with Crippen LogP contribution in [-0.4, -0.2) is 27.5 Å². The second-order valence-electron chi connectivity index (χ2n) is 7.17. The van der Waals surface area contributed by atoms with Crippen molar-refractivity contribution in [3.8, 4) is 11.5 Å². The molecular weight excluding hydrogens is 350 g/mol. The lowest BCUT2D eigenvalue weighted by molar-refractivity contribution is -0.384. The van der Waals surface area contributed by atoms with Gasteiger partial charge in [0.05, 0.1) is 16.1 Å². The van der Waals surface area contributed by atoms with Gasteiger partial charge in [-0.1, -0.05) is 0 Å². The van der Waals surface area contributed by atoms with E-state index in [1.807, 2.05) is 0 Å². The number of carbonyl (C=O) groups excluding carboxylic acids is 1. The first-order chi connectivity index (χ1) is 12.7. The maximum absolute atomic E-state index is 12.7. The molecule has 2 aliphatic heterocycles. The van der Waals surface area contributed by atoms with E-state index in [0.29, 0.717) is 29.0 Å². The summed E-state index contributed by atoms with van der Waals surface area (Å²) < 4.78 is 11.6. The molecule has 0 aliphatic carbocycles. The summed E-state index contributed by atoms with van der Waals surface area (Å²) in [6.45, 7) is 3.35. The Morgan fingerprint density at radius 1 is 1.22 bits per heavy atom. The zero-order chi connectivity index (χ0) is 19.3. The molecule has 0 bridgehead atoms. The fraction of sp³-hybridized carbons (Fsp3) is 0.250. The van der Waals surface area contributed by atoms with Crippen LogP contribution in [0, 0.1) is 10.1 Å². The van der Waals surface area contributed by atoms with Gasteiger partial charge < -0.3 is 14.6 Å². The highest BCUT2D eigenvalue weighted by Gasteiger charge is 2.40. The van der Waals surface area contributed by atoms with Crippen LogP contribution in [-0.2, 0) is 6.42 Å². The van der Waals surface area contributed by atoms with Gasteiger partial charge >= 0.3 is 0 Å². The number of Topliss-reactive ketones (excluding diaryl/α,β-unsaturated/α-hetero) is 1. The molecule has 4 rings (SSSR count). The maximum Gasteiger partial charge on any atom is 0.269 e. The number of hydrogen-bond donors (Lipinski definition) is 1. The van der Waals surface area contributed by atoms with Gasteiger partial charge in [-0.25, -0.2) is 0 Å². The molecule has 0 spiro atoms. The van der Waals surface area contributed by atoms with E-state index in [-0.39, 0.29) is 17.2 Å². The van der Waals surface area contributed by atoms with E-state index < -0.39 is 16.6 Å². The van der Waals surface area contributed by atoms with Crippen molar-refractivity contribution < 1.29 is 24.3 Å². The predicted octanol–water partition coefficient (Wildman–Crippen LogP) is 3.29. The minimum Gasteiger partial charge on any atom is -0.487 e. The number of fused-ring (bicyclic) bond motifs is 3. The largest absolute Gasteiger partial charge is 0.487 e. The number of nitrogens with zero attached hydrogens (tertiary/aromatic N) is 1. The van der Waals surface area contributed by atoms with Crippen molar-refractivity contribution in [2.24, 2.45) is 0 Å². The topological polar surface area (TPSA) is 98.9 Å². The highest BCUT2D eigenvalue weighted by molar-refractivity contribution is 6.15. The van der Waals surface area contributed by atoms with Crippen molar-refractivity contribution in [1.82, 2.24) is 0 Å². The average Bonchev–Trinajstić information content (AvgIpc) is 3.17. The van der Waals surface area contributed by atoms with Crippen LogP contribution in [0.5, 0.6) is 11.5 Å². The van der Waals surface area contributed by atoms with E-state index in [0.717, 1.165) is 5.56 Å². The predicted molar refractivity (Wildman–Crippen MR) is 96.9 cm³/mol. The number of carbonyl (C=O) groups is 1. The quantitative estimate of drug-likeness (QED) is 0.508. The minimum atomic E-state index is -1.02. The molecule has 138 valence electrons. The molecule has 27 heavy (non-hydrogen) atoms. The lowest BCUT2D eigenvalue weighted by atomic mass is 9.96. The summed E-state index contributed by atoms with van der Waals surface area (Å²) >= 11 is 0. The molecule has 2 aromatic rings. The molecule has 0 saturated heterocycles. The first-order valence-electron chi connectivity index (χ1n) is 8.47. The van der Waals surface area contributed by atoms with Gasteiger partial charge in [-0.05, 0) is 49.8 Å². The average molecular weight is 367 g/mol. The molecule has 1 atom stereocenters. The Bertz CT molecular complexity index is 985. The summed E-state index contributed by atoms with van der Waals surface area (Å²) in [5.41, 5.74) is 0.791.